The number of aliphatic hydroxyl groups is 3. The van der Waals surface area contributed by atoms with Crippen LogP contribution in [-0.4, -0.2) is 80.5 Å². The summed E-state index contributed by atoms with van der Waals surface area (Å²) in [6.45, 7) is 2.15. The first-order valence-corrected chi connectivity index (χ1v) is 10.6. The molecule has 0 aliphatic carbocycles. The van der Waals surface area contributed by atoms with Crippen LogP contribution in [0.5, 0.6) is 0 Å². The maximum atomic E-state index is 12.3. The standard InChI is InChI=1S/C17H21N4O9P.Na.2H2O.H/c1-7-3-9-10(4-8(7)2)21(15-13(18-9)16(25)20-17(26)19-15)5-12(30-31(27,28)29)14(24)11(23)6-22;;;;/h3-4,11-12,14,22-24H,5-6H2,1-2H3,(H,20,25,26)(H2,27,28,29);;2*1H2;/q;+1;;;-1/t11-,12+,14-;;;;/m0..../s1. The summed E-state index contributed by atoms with van der Waals surface area (Å²) in [7, 11) is -5.15. The number of hydrogen-bond donors (Lipinski definition) is 6. The Morgan fingerprint density at radius 2 is 1.74 bits per heavy atom. The van der Waals surface area contributed by atoms with Gasteiger partial charge in [-0.2, -0.15) is 4.98 Å². The zero-order chi connectivity index (χ0) is 23.1. The van der Waals surface area contributed by atoms with Gasteiger partial charge in [-0.1, -0.05) is 0 Å². The SMILES string of the molecule is Cc1cc2nc3c(=O)[nH]c(=O)nc-3n(C[C@@H](OP(=O)(O)O)[C@@H](O)[C@@H](O)CO)c2cc1C.O.O.[H-].[Na+]. The minimum absolute atomic E-state index is 0. The summed E-state index contributed by atoms with van der Waals surface area (Å²) in [5, 5.41) is 29.2. The van der Waals surface area contributed by atoms with Gasteiger partial charge in [-0.25, -0.2) is 14.3 Å². The number of fused-ring (bicyclic) bond motifs is 2. The first-order chi connectivity index (χ1) is 14.4. The second-order valence-corrected chi connectivity index (χ2v) is 8.26. The van der Waals surface area contributed by atoms with Crippen molar-refractivity contribution < 1.29 is 76.1 Å². The topological polar surface area (TPSA) is 271 Å². The summed E-state index contributed by atoms with van der Waals surface area (Å²) in [5.74, 6) is -0.213. The first-order valence-electron chi connectivity index (χ1n) is 9.04. The summed E-state index contributed by atoms with van der Waals surface area (Å²) >= 11 is 0. The van der Waals surface area contributed by atoms with Gasteiger partial charge >= 0.3 is 43.1 Å². The van der Waals surface area contributed by atoms with E-state index in [2.05, 4.69) is 14.5 Å². The number of rotatable bonds is 7. The largest absolute Gasteiger partial charge is 1.00 e. The van der Waals surface area contributed by atoms with Crippen molar-refractivity contribution in [1.82, 2.24) is 19.5 Å². The van der Waals surface area contributed by atoms with E-state index in [0.717, 1.165) is 11.1 Å². The van der Waals surface area contributed by atoms with Crippen molar-refractivity contribution in [3.05, 3.63) is 44.1 Å². The molecule has 0 unspecified atom stereocenters. The van der Waals surface area contributed by atoms with Crippen molar-refractivity contribution in [2.24, 2.45) is 0 Å². The third-order valence-electron chi connectivity index (χ3n) is 4.82. The van der Waals surface area contributed by atoms with E-state index < -0.39 is 50.5 Å². The molecule has 0 fully saturated rings. The van der Waals surface area contributed by atoms with Gasteiger partial charge in [-0.05, 0) is 37.1 Å². The average Bonchev–Trinajstić information content (AvgIpc) is 2.67. The van der Waals surface area contributed by atoms with Gasteiger partial charge in [0, 0.05) is 0 Å². The van der Waals surface area contributed by atoms with Crippen LogP contribution in [0.3, 0.4) is 0 Å². The van der Waals surface area contributed by atoms with Crippen LogP contribution in [0.4, 0.5) is 0 Å². The van der Waals surface area contributed by atoms with E-state index in [-0.39, 0.29) is 53.5 Å². The molecule has 186 valence electrons. The minimum atomic E-state index is -5.15. The normalized spacial score (nSPS) is 14.0. The fourth-order valence-electron chi connectivity index (χ4n) is 3.15. The van der Waals surface area contributed by atoms with Gasteiger partial charge in [-0.15, -0.1) is 0 Å². The van der Waals surface area contributed by atoms with E-state index in [0.29, 0.717) is 11.0 Å². The predicted octanol–water partition coefficient (Wildman–Crippen LogP) is -6.14. The molecule has 0 spiro atoms. The number of hydrogen-bond acceptors (Lipinski definition) is 9. The van der Waals surface area contributed by atoms with Crippen molar-refractivity contribution in [3.8, 4) is 11.5 Å². The summed E-state index contributed by atoms with van der Waals surface area (Å²) in [6.07, 6.45) is -5.46. The third-order valence-corrected chi connectivity index (χ3v) is 5.37. The third kappa shape index (κ3) is 6.97. The average molecular weight is 516 g/mol. The van der Waals surface area contributed by atoms with Crippen LogP contribution in [0.15, 0.2) is 21.7 Å². The molecular weight excluding hydrogens is 490 g/mol. The van der Waals surface area contributed by atoms with E-state index in [4.69, 9.17) is 5.11 Å². The van der Waals surface area contributed by atoms with Crippen LogP contribution >= 0.6 is 7.82 Å². The molecule has 34 heavy (non-hydrogen) atoms. The predicted molar refractivity (Wildman–Crippen MR) is 115 cm³/mol. The molecule has 10 N–H and O–H groups in total. The van der Waals surface area contributed by atoms with E-state index in [1.165, 1.54) is 4.57 Å². The number of benzene rings is 1. The van der Waals surface area contributed by atoms with E-state index in [1.54, 1.807) is 19.1 Å². The molecule has 0 radical (unpaired) electrons. The van der Waals surface area contributed by atoms with Gasteiger partial charge in [-0.3, -0.25) is 14.3 Å². The zero-order valence-corrected chi connectivity index (χ0v) is 21.4. The maximum Gasteiger partial charge on any atom is 1.00 e. The summed E-state index contributed by atoms with van der Waals surface area (Å²) in [4.78, 5) is 52.6. The molecule has 1 aromatic carbocycles. The van der Waals surface area contributed by atoms with Crippen LogP contribution in [0, 0.1) is 13.8 Å². The summed E-state index contributed by atoms with van der Waals surface area (Å²) in [5.41, 5.74) is 0.272. The summed E-state index contributed by atoms with van der Waals surface area (Å²) in [6, 6.07) is 3.33. The molecule has 0 aromatic heterocycles. The molecule has 3 rings (SSSR count). The minimum Gasteiger partial charge on any atom is -1.00 e. The van der Waals surface area contributed by atoms with Crippen LogP contribution < -0.4 is 40.8 Å². The molecule has 0 bridgehead atoms. The van der Waals surface area contributed by atoms with Crippen LogP contribution in [0.2, 0.25) is 0 Å². The number of nitrogens with zero attached hydrogens (tertiary/aromatic N) is 3. The smallest absolute Gasteiger partial charge is 1.00 e. The van der Waals surface area contributed by atoms with Gasteiger partial charge in [0.05, 0.1) is 24.2 Å². The Bertz CT molecular complexity index is 1270. The van der Waals surface area contributed by atoms with E-state index in [1.807, 2.05) is 11.9 Å². The van der Waals surface area contributed by atoms with E-state index in [9.17, 15) is 34.2 Å². The molecule has 15 nitrogen and oxygen atoms in total. The fraction of sp³-hybridized carbons (Fsp3) is 0.412. The monoisotopic (exact) mass is 516 g/mol. The number of aromatic nitrogens is 4. The molecule has 0 saturated heterocycles. The number of aliphatic hydroxyl groups excluding tert-OH is 3. The number of phosphoric ester groups is 1. The zero-order valence-electron chi connectivity index (χ0n) is 19.5. The van der Waals surface area contributed by atoms with Crippen LogP contribution in [0.25, 0.3) is 22.6 Å². The molecule has 2 aliphatic rings. The number of aromatic amines is 1. The fourth-order valence-corrected chi connectivity index (χ4v) is 3.69. The molecule has 0 amide bonds. The molecule has 3 atom stereocenters. The number of nitrogens with one attached hydrogen (secondary N) is 1. The molecule has 0 saturated carbocycles. The number of H-pyrrole nitrogens is 1. The van der Waals surface area contributed by atoms with E-state index >= 15 is 0 Å². The first kappa shape index (κ1) is 32.4. The Labute approximate surface area is 215 Å². The second kappa shape index (κ2) is 12.4. The van der Waals surface area contributed by atoms with Gasteiger partial charge < -0.3 is 42.1 Å². The van der Waals surface area contributed by atoms with Crippen molar-refractivity contribution in [2.75, 3.05) is 6.61 Å². The number of phosphoric acid groups is 1. The second-order valence-electron chi connectivity index (χ2n) is 7.07. The molecule has 1 aromatic rings. The Balaban J connectivity index is 0. The van der Waals surface area contributed by atoms with Crippen molar-refractivity contribution in [1.29, 1.82) is 0 Å². The van der Waals surface area contributed by atoms with Gasteiger partial charge in [0.25, 0.3) is 5.56 Å². The van der Waals surface area contributed by atoms with Gasteiger partial charge in [0.2, 0.25) is 0 Å². The maximum absolute atomic E-state index is 12.3. The van der Waals surface area contributed by atoms with Crippen molar-refractivity contribution in [3.63, 3.8) is 0 Å². The summed E-state index contributed by atoms with van der Waals surface area (Å²) < 4.78 is 17.4. The Morgan fingerprint density at radius 1 is 1.15 bits per heavy atom. The van der Waals surface area contributed by atoms with Crippen LogP contribution in [-0.2, 0) is 15.6 Å². The molecular formula is C17H26N4NaO11P. The molecule has 2 heterocycles. The Morgan fingerprint density at radius 3 is 2.29 bits per heavy atom. The van der Waals surface area contributed by atoms with Gasteiger partial charge in [0.1, 0.15) is 18.3 Å². The van der Waals surface area contributed by atoms with Crippen molar-refractivity contribution in [2.45, 2.75) is 38.7 Å². The number of aryl methyl sites for hydroxylation is 2. The Kier molecular flexibility index (Phi) is 11.8. The van der Waals surface area contributed by atoms with Crippen molar-refractivity contribution >= 4 is 18.9 Å². The molecule has 17 heteroatoms. The van der Waals surface area contributed by atoms with Gasteiger partial charge in [0.15, 0.2) is 11.5 Å². The quantitative estimate of drug-likeness (QED) is 0.0976. The Hall–Kier alpha value is -1.59. The molecule has 2 aliphatic heterocycles. The van der Waals surface area contributed by atoms with Crippen LogP contribution in [0.1, 0.15) is 12.6 Å².